The molecule has 7 heteroatoms. The van der Waals surface area contributed by atoms with Gasteiger partial charge in [0.15, 0.2) is 0 Å². The molecule has 130 valence electrons. The third-order valence-electron chi connectivity index (χ3n) is 3.36. The van der Waals surface area contributed by atoms with E-state index in [0.29, 0.717) is 16.7 Å². The van der Waals surface area contributed by atoms with Crippen LogP contribution in [0, 0.1) is 5.82 Å². The van der Waals surface area contributed by atoms with E-state index in [1.165, 1.54) is 29.2 Å². The zero-order valence-corrected chi connectivity index (χ0v) is 13.8. The van der Waals surface area contributed by atoms with E-state index in [2.05, 4.69) is 0 Å². The Balaban J connectivity index is 2.24. The summed E-state index contributed by atoms with van der Waals surface area (Å²) in [5.41, 5.74) is 1.43. The summed E-state index contributed by atoms with van der Waals surface area (Å²) in [5, 5.41) is 18.6. The largest absolute Gasteiger partial charge is 0.502 e. The Morgan fingerprint density at radius 2 is 1.44 bits per heavy atom. The van der Waals surface area contributed by atoms with Crippen LogP contribution in [-0.2, 0) is 22.7 Å². The predicted molar refractivity (Wildman–Crippen MR) is 90.5 cm³/mol. The highest BCUT2D eigenvalue weighted by molar-refractivity contribution is 6.30. The molecule has 0 fully saturated rings. The SMILES string of the molecule is O=C(O)C(O)=CC(=O)N(Cc1ccc(F)cc1)Cc1ccc(Cl)cc1. The monoisotopic (exact) mass is 363 g/mol. The molecule has 0 aliphatic heterocycles. The maximum atomic E-state index is 13.0. The molecule has 2 rings (SSSR count). The number of carbonyl (C=O) groups excluding carboxylic acids is 1. The smallest absolute Gasteiger partial charge is 0.371 e. The van der Waals surface area contributed by atoms with Gasteiger partial charge in [0.05, 0.1) is 6.08 Å². The number of nitrogens with zero attached hydrogens (tertiary/aromatic N) is 1. The van der Waals surface area contributed by atoms with Gasteiger partial charge in [0.1, 0.15) is 5.82 Å². The van der Waals surface area contributed by atoms with Crippen molar-refractivity contribution in [3.8, 4) is 0 Å². The normalized spacial score (nSPS) is 11.2. The second-order valence-corrected chi connectivity index (χ2v) is 5.72. The zero-order valence-electron chi connectivity index (χ0n) is 13.0. The molecule has 0 spiro atoms. The molecule has 0 atom stereocenters. The van der Waals surface area contributed by atoms with Crippen LogP contribution in [0.5, 0.6) is 0 Å². The second kappa shape index (κ2) is 8.30. The Bertz CT molecular complexity index is 740. The molecule has 0 heterocycles. The van der Waals surface area contributed by atoms with E-state index in [9.17, 15) is 19.1 Å². The molecule has 1 amide bonds. The van der Waals surface area contributed by atoms with Gasteiger partial charge in [-0.1, -0.05) is 35.9 Å². The van der Waals surface area contributed by atoms with E-state index in [1.54, 1.807) is 24.3 Å². The molecule has 0 aliphatic carbocycles. The number of aliphatic carboxylic acids is 1. The van der Waals surface area contributed by atoms with Gasteiger partial charge in [-0.15, -0.1) is 0 Å². The van der Waals surface area contributed by atoms with Crippen LogP contribution in [0.1, 0.15) is 11.1 Å². The van der Waals surface area contributed by atoms with Gasteiger partial charge in [0, 0.05) is 18.1 Å². The number of aliphatic hydroxyl groups is 1. The molecule has 2 aromatic carbocycles. The van der Waals surface area contributed by atoms with Gasteiger partial charge in [-0.3, -0.25) is 4.79 Å². The van der Waals surface area contributed by atoms with Crippen LogP contribution in [0.3, 0.4) is 0 Å². The Hall–Kier alpha value is -2.86. The zero-order chi connectivity index (χ0) is 18.4. The predicted octanol–water partition coefficient (Wildman–Crippen LogP) is 3.53. The van der Waals surface area contributed by atoms with Crippen LogP contribution in [0.15, 0.2) is 60.4 Å². The number of rotatable bonds is 6. The number of carboxylic acid groups (broad SMARTS) is 1. The Kier molecular flexibility index (Phi) is 6.14. The van der Waals surface area contributed by atoms with Crippen molar-refractivity contribution in [3.05, 3.63) is 82.3 Å². The van der Waals surface area contributed by atoms with Crippen molar-refractivity contribution in [1.82, 2.24) is 4.90 Å². The van der Waals surface area contributed by atoms with E-state index in [0.717, 1.165) is 5.56 Å². The Morgan fingerprint density at radius 3 is 1.92 bits per heavy atom. The molecule has 0 radical (unpaired) electrons. The fourth-order valence-electron chi connectivity index (χ4n) is 2.10. The van der Waals surface area contributed by atoms with E-state index < -0.39 is 23.5 Å². The van der Waals surface area contributed by atoms with Gasteiger partial charge < -0.3 is 15.1 Å². The van der Waals surface area contributed by atoms with Crippen molar-refractivity contribution in [2.75, 3.05) is 0 Å². The number of halogens is 2. The lowest BCUT2D eigenvalue weighted by Gasteiger charge is -2.22. The van der Waals surface area contributed by atoms with Gasteiger partial charge in [-0.2, -0.15) is 0 Å². The summed E-state index contributed by atoms with van der Waals surface area (Å²) in [6.45, 7) is 0.280. The highest BCUT2D eigenvalue weighted by Crippen LogP contribution is 2.15. The number of benzene rings is 2. The first kappa shape index (κ1) is 18.5. The van der Waals surface area contributed by atoms with Crippen molar-refractivity contribution in [3.63, 3.8) is 0 Å². The summed E-state index contributed by atoms with van der Waals surface area (Å²) < 4.78 is 13.0. The third kappa shape index (κ3) is 5.61. The average Bonchev–Trinajstić information content (AvgIpc) is 2.58. The first-order chi connectivity index (χ1) is 11.8. The van der Waals surface area contributed by atoms with E-state index in [4.69, 9.17) is 16.7 Å². The lowest BCUT2D eigenvalue weighted by molar-refractivity contribution is -0.136. The van der Waals surface area contributed by atoms with Gasteiger partial charge in [-0.25, -0.2) is 9.18 Å². The molecule has 0 aromatic heterocycles. The summed E-state index contributed by atoms with van der Waals surface area (Å²) in [5.74, 6) is -3.73. The lowest BCUT2D eigenvalue weighted by Crippen LogP contribution is -2.29. The Labute approximate surface area is 148 Å². The van der Waals surface area contributed by atoms with Crippen LogP contribution in [0.2, 0.25) is 5.02 Å². The average molecular weight is 364 g/mol. The van der Waals surface area contributed by atoms with E-state index in [-0.39, 0.29) is 13.1 Å². The van der Waals surface area contributed by atoms with E-state index >= 15 is 0 Å². The Morgan fingerprint density at radius 1 is 0.960 bits per heavy atom. The standard InChI is InChI=1S/C18H15ClFNO4/c19-14-5-1-12(2-6-14)10-21(17(23)9-16(22)18(24)25)11-13-3-7-15(20)8-4-13/h1-9,22H,10-11H2,(H,24,25). The quantitative estimate of drug-likeness (QED) is 0.608. The topological polar surface area (TPSA) is 77.8 Å². The molecule has 25 heavy (non-hydrogen) atoms. The molecule has 0 saturated carbocycles. The number of aliphatic hydroxyl groups excluding tert-OH is 1. The van der Waals surface area contributed by atoms with Crippen molar-refractivity contribution in [1.29, 1.82) is 0 Å². The fourth-order valence-corrected chi connectivity index (χ4v) is 2.23. The molecule has 2 N–H and O–H groups in total. The molecular weight excluding hydrogens is 349 g/mol. The first-order valence-electron chi connectivity index (χ1n) is 7.27. The fraction of sp³-hybridized carbons (Fsp3) is 0.111. The minimum Gasteiger partial charge on any atom is -0.502 e. The van der Waals surface area contributed by atoms with Crippen LogP contribution < -0.4 is 0 Å². The molecule has 0 bridgehead atoms. The van der Waals surface area contributed by atoms with Crippen LogP contribution in [0.4, 0.5) is 4.39 Å². The van der Waals surface area contributed by atoms with Gasteiger partial charge in [0.25, 0.3) is 5.91 Å². The second-order valence-electron chi connectivity index (χ2n) is 5.28. The number of carbonyl (C=O) groups is 2. The number of amides is 1. The summed E-state index contributed by atoms with van der Waals surface area (Å²) in [7, 11) is 0. The molecule has 0 unspecified atom stereocenters. The summed E-state index contributed by atoms with van der Waals surface area (Å²) in [6, 6.07) is 12.4. The molecule has 0 aliphatic rings. The van der Waals surface area contributed by atoms with Crippen molar-refractivity contribution < 1.29 is 24.2 Å². The number of hydrogen-bond donors (Lipinski definition) is 2. The van der Waals surface area contributed by atoms with Crippen LogP contribution in [-0.4, -0.2) is 27.0 Å². The van der Waals surface area contributed by atoms with Crippen molar-refractivity contribution in [2.45, 2.75) is 13.1 Å². The first-order valence-corrected chi connectivity index (χ1v) is 7.64. The van der Waals surface area contributed by atoms with Crippen molar-refractivity contribution in [2.24, 2.45) is 0 Å². The highest BCUT2D eigenvalue weighted by Gasteiger charge is 2.16. The third-order valence-corrected chi connectivity index (χ3v) is 3.62. The minimum atomic E-state index is -1.60. The molecule has 2 aromatic rings. The molecule has 0 saturated heterocycles. The van der Waals surface area contributed by atoms with Crippen LogP contribution in [0.25, 0.3) is 0 Å². The van der Waals surface area contributed by atoms with Crippen LogP contribution >= 0.6 is 11.6 Å². The minimum absolute atomic E-state index is 0.116. The molecule has 5 nitrogen and oxygen atoms in total. The number of hydrogen-bond acceptors (Lipinski definition) is 3. The summed E-state index contributed by atoms with van der Waals surface area (Å²) in [4.78, 5) is 24.4. The lowest BCUT2D eigenvalue weighted by atomic mass is 10.1. The number of carboxylic acids is 1. The maximum Gasteiger partial charge on any atom is 0.371 e. The van der Waals surface area contributed by atoms with Gasteiger partial charge >= 0.3 is 5.97 Å². The van der Waals surface area contributed by atoms with Crippen molar-refractivity contribution >= 4 is 23.5 Å². The summed E-state index contributed by atoms with van der Waals surface area (Å²) in [6.07, 6.45) is 0.641. The van der Waals surface area contributed by atoms with Gasteiger partial charge in [-0.05, 0) is 35.4 Å². The van der Waals surface area contributed by atoms with Gasteiger partial charge in [0.2, 0.25) is 5.76 Å². The highest BCUT2D eigenvalue weighted by atomic mass is 35.5. The maximum absolute atomic E-state index is 13.0. The summed E-state index contributed by atoms with van der Waals surface area (Å²) >= 11 is 5.84. The van der Waals surface area contributed by atoms with E-state index in [1.807, 2.05) is 0 Å². The molecular formula is C18H15ClFNO4.